The van der Waals surface area contributed by atoms with E-state index in [0.29, 0.717) is 5.56 Å². The number of ether oxygens (including phenoxy) is 1. The highest BCUT2D eigenvalue weighted by Crippen LogP contribution is 2.17. The fourth-order valence-electron chi connectivity index (χ4n) is 2.16. The fraction of sp³-hybridized carbons (Fsp3) is 0. The number of hydrogen-bond acceptors (Lipinski definition) is 7. The fourth-order valence-corrected chi connectivity index (χ4v) is 2.16. The molecular weight excluding hydrogens is 366 g/mol. The first-order valence-electron chi connectivity index (χ1n) is 7.96. The molecule has 1 N–H and O–H groups in total. The molecule has 1 heterocycles. The van der Waals surface area contributed by atoms with Gasteiger partial charge in [-0.2, -0.15) is 5.10 Å². The molecule has 0 unspecified atom stereocenters. The molecule has 1 amide bonds. The largest absolute Gasteiger partial charge is 0.459 e. The Bertz CT molecular complexity index is 1030. The van der Waals surface area contributed by atoms with E-state index in [1.807, 2.05) is 0 Å². The lowest BCUT2D eigenvalue weighted by Crippen LogP contribution is -2.16. The second kappa shape index (κ2) is 8.41. The molecule has 140 valence electrons. The molecule has 3 aromatic rings. The van der Waals surface area contributed by atoms with E-state index in [0.717, 1.165) is 6.07 Å². The number of amides is 1. The number of esters is 1. The summed E-state index contributed by atoms with van der Waals surface area (Å²) in [5.74, 6) is -0.798. The van der Waals surface area contributed by atoms with Crippen LogP contribution in [0.5, 0.6) is 5.75 Å². The van der Waals surface area contributed by atoms with Crippen molar-refractivity contribution in [2.75, 3.05) is 0 Å². The number of furan rings is 1. The van der Waals surface area contributed by atoms with Gasteiger partial charge in [-0.15, -0.1) is 0 Å². The van der Waals surface area contributed by atoms with Gasteiger partial charge in [0.15, 0.2) is 5.76 Å². The molecule has 0 radical (unpaired) electrons. The standard InChI is InChI=1S/C19H13N3O6/c23-18(17-5-2-10-27-17)21-20-12-13-6-8-16(9-7-13)28-19(24)14-3-1-4-15(11-14)22(25)26/h1-12H,(H,21,23)/b20-12-. The van der Waals surface area contributed by atoms with Crippen LogP contribution in [0.2, 0.25) is 0 Å². The number of nitrogens with one attached hydrogen (secondary N) is 1. The number of nitro groups is 1. The van der Waals surface area contributed by atoms with Gasteiger partial charge in [0.1, 0.15) is 5.75 Å². The molecule has 1 aromatic heterocycles. The third-order valence-corrected chi connectivity index (χ3v) is 3.51. The van der Waals surface area contributed by atoms with Crippen molar-refractivity contribution in [2.45, 2.75) is 0 Å². The SMILES string of the molecule is O=C(Oc1ccc(/C=N\NC(=O)c2ccco2)cc1)c1cccc([N+](=O)[O-])c1. The smallest absolute Gasteiger partial charge is 0.343 e. The number of non-ortho nitro benzene ring substituents is 1. The lowest BCUT2D eigenvalue weighted by molar-refractivity contribution is -0.384. The minimum absolute atomic E-state index is 0.0699. The summed E-state index contributed by atoms with van der Waals surface area (Å²) in [6, 6.07) is 14.7. The zero-order valence-electron chi connectivity index (χ0n) is 14.3. The second-order valence-electron chi connectivity index (χ2n) is 5.44. The molecule has 0 saturated carbocycles. The Morgan fingerprint density at radius 1 is 1.11 bits per heavy atom. The van der Waals surface area contributed by atoms with Crippen LogP contribution in [0.4, 0.5) is 5.69 Å². The first kappa shape index (κ1) is 18.5. The van der Waals surface area contributed by atoms with Crippen molar-refractivity contribution in [3.8, 4) is 5.75 Å². The van der Waals surface area contributed by atoms with Gasteiger partial charge in [-0.05, 0) is 48.0 Å². The molecule has 0 aliphatic rings. The van der Waals surface area contributed by atoms with Crippen LogP contribution < -0.4 is 10.2 Å². The Hall–Kier alpha value is -4.27. The molecule has 0 aliphatic carbocycles. The lowest BCUT2D eigenvalue weighted by Gasteiger charge is -2.04. The molecule has 0 spiro atoms. The molecule has 28 heavy (non-hydrogen) atoms. The number of benzene rings is 2. The summed E-state index contributed by atoms with van der Waals surface area (Å²) >= 11 is 0. The number of rotatable bonds is 6. The van der Waals surface area contributed by atoms with Crippen molar-refractivity contribution < 1.29 is 23.7 Å². The Morgan fingerprint density at radius 2 is 1.89 bits per heavy atom. The van der Waals surface area contributed by atoms with E-state index in [1.54, 1.807) is 18.2 Å². The Morgan fingerprint density at radius 3 is 2.57 bits per heavy atom. The summed E-state index contributed by atoms with van der Waals surface area (Å²) in [4.78, 5) is 33.9. The molecule has 0 atom stereocenters. The molecule has 0 fully saturated rings. The van der Waals surface area contributed by atoms with Gasteiger partial charge in [-0.25, -0.2) is 10.2 Å². The maximum atomic E-state index is 12.1. The maximum Gasteiger partial charge on any atom is 0.343 e. The van der Waals surface area contributed by atoms with Crippen LogP contribution in [0, 0.1) is 10.1 Å². The summed E-state index contributed by atoms with van der Waals surface area (Å²) in [5, 5.41) is 14.6. The number of hydrogen-bond donors (Lipinski definition) is 1. The monoisotopic (exact) mass is 379 g/mol. The van der Waals surface area contributed by atoms with Crippen LogP contribution in [0.3, 0.4) is 0 Å². The quantitative estimate of drug-likeness (QED) is 0.231. The van der Waals surface area contributed by atoms with Gasteiger partial charge in [-0.3, -0.25) is 14.9 Å². The lowest BCUT2D eigenvalue weighted by atomic mass is 10.2. The van der Waals surface area contributed by atoms with Crippen molar-refractivity contribution in [3.05, 3.63) is 93.9 Å². The van der Waals surface area contributed by atoms with Crippen LogP contribution in [-0.2, 0) is 0 Å². The highest BCUT2D eigenvalue weighted by atomic mass is 16.6. The van der Waals surface area contributed by atoms with Gasteiger partial charge in [0.05, 0.1) is 23.0 Å². The van der Waals surface area contributed by atoms with Crippen LogP contribution in [-0.4, -0.2) is 23.0 Å². The van der Waals surface area contributed by atoms with E-state index in [9.17, 15) is 19.7 Å². The summed E-state index contributed by atoms with van der Waals surface area (Å²) in [5.41, 5.74) is 2.83. The van der Waals surface area contributed by atoms with E-state index < -0.39 is 16.8 Å². The molecule has 9 nitrogen and oxygen atoms in total. The first-order valence-corrected chi connectivity index (χ1v) is 7.96. The first-order chi connectivity index (χ1) is 13.5. The number of hydrazone groups is 1. The van der Waals surface area contributed by atoms with Crippen molar-refractivity contribution in [1.29, 1.82) is 0 Å². The molecule has 9 heteroatoms. The minimum Gasteiger partial charge on any atom is -0.459 e. The average Bonchev–Trinajstić information content (AvgIpc) is 3.24. The number of carbonyl (C=O) groups excluding carboxylic acids is 2. The highest BCUT2D eigenvalue weighted by Gasteiger charge is 2.13. The molecule has 0 saturated heterocycles. The van der Waals surface area contributed by atoms with E-state index in [1.165, 1.54) is 48.9 Å². The molecule has 0 bridgehead atoms. The van der Waals surface area contributed by atoms with E-state index >= 15 is 0 Å². The summed E-state index contributed by atoms with van der Waals surface area (Å²) < 4.78 is 10.1. The third-order valence-electron chi connectivity index (χ3n) is 3.51. The predicted molar refractivity (Wildman–Crippen MR) is 98.3 cm³/mol. The summed E-state index contributed by atoms with van der Waals surface area (Å²) in [6.45, 7) is 0. The van der Waals surface area contributed by atoms with E-state index in [2.05, 4.69) is 10.5 Å². The Kier molecular flexibility index (Phi) is 5.56. The maximum absolute atomic E-state index is 12.1. The second-order valence-corrected chi connectivity index (χ2v) is 5.44. The van der Waals surface area contributed by atoms with Gasteiger partial charge in [0, 0.05) is 12.1 Å². The molecule has 3 rings (SSSR count). The Labute approximate surface area is 158 Å². The normalized spacial score (nSPS) is 10.6. The zero-order chi connectivity index (χ0) is 19.9. The van der Waals surface area contributed by atoms with Crippen molar-refractivity contribution >= 4 is 23.8 Å². The predicted octanol–water partition coefficient (Wildman–Crippen LogP) is 3.17. The number of nitro benzene ring substituents is 1. The average molecular weight is 379 g/mol. The van der Waals surface area contributed by atoms with Crippen LogP contribution in [0.25, 0.3) is 0 Å². The number of carbonyl (C=O) groups is 2. The van der Waals surface area contributed by atoms with E-state index in [-0.39, 0.29) is 22.8 Å². The van der Waals surface area contributed by atoms with Crippen LogP contribution in [0.1, 0.15) is 26.5 Å². The van der Waals surface area contributed by atoms with Crippen molar-refractivity contribution in [2.24, 2.45) is 5.10 Å². The Balaban J connectivity index is 1.59. The summed E-state index contributed by atoms with van der Waals surface area (Å²) in [6.07, 6.45) is 2.79. The number of nitrogens with zero attached hydrogens (tertiary/aromatic N) is 2. The van der Waals surface area contributed by atoms with Crippen LogP contribution >= 0.6 is 0 Å². The molecule has 2 aromatic carbocycles. The van der Waals surface area contributed by atoms with Crippen LogP contribution in [0.15, 0.2) is 76.4 Å². The zero-order valence-corrected chi connectivity index (χ0v) is 14.3. The van der Waals surface area contributed by atoms with Gasteiger partial charge in [0.25, 0.3) is 5.69 Å². The topological polar surface area (TPSA) is 124 Å². The summed E-state index contributed by atoms with van der Waals surface area (Å²) in [7, 11) is 0. The van der Waals surface area contributed by atoms with Crippen molar-refractivity contribution in [1.82, 2.24) is 5.43 Å². The van der Waals surface area contributed by atoms with E-state index in [4.69, 9.17) is 9.15 Å². The minimum atomic E-state index is -0.712. The molecule has 0 aliphatic heterocycles. The van der Waals surface area contributed by atoms with Crippen molar-refractivity contribution in [3.63, 3.8) is 0 Å². The highest BCUT2D eigenvalue weighted by molar-refractivity contribution is 5.93. The van der Waals surface area contributed by atoms with Gasteiger partial charge in [0.2, 0.25) is 0 Å². The third kappa shape index (κ3) is 4.67. The molecular formula is C19H13N3O6. The van der Waals surface area contributed by atoms with Gasteiger partial charge < -0.3 is 9.15 Å². The van der Waals surface area contributed by atoms with Gasteiger partial charge >= 0.3 is 11.9 Å². The van der Waals surface area contributed by atoms with Gasteiger partial charge in [-0.1, -0.05) is 6.07 Å².